The maximum absolute atomic E-state index is 12.4. The summed E-state index contributed by atoms with van der Waals surface area (Å²) in [6.45, 7) is 7.19. The molecular formula is C13H18ClNOS. The first kappa shape index (κ1) is 13.1. The van der Waals surface area contributed by atoms with E-state index in [1.54, 1.807) is 0 Å². The van der Waals surface area contributed by atoms with Gasteiger partial charge in [-0.25, -0.2) is 0 Å². The molecule has 4 atom stereocenters. The van der Waals surface area contributed by atoms with Crippen LogP contribution in [0.4, 0.5) is 0 Å². The fourth-order valence-corrected chi connectivity index (χ4v) is 4.45. The summed E-state index contributed by atoms with van der Waals surface area (Å²) in [5.41, 5.74) is 1.10. The van der Waals surface area contributed by atoms with Crippen LogP contribution in [0.1, 0.15) is 32.4 Å². The van der Waals surface area contributed by atoms with Gasteiger partial charge in [-0.05, 0) is 24.1 Å². The molecule has 2 nitrogen and oxygen atoms in total. The molecule has 2 rings (SSSR count). The molecule has 0 aliphatic carbocycles. The van der Waals surface area contributed by atoms with Crippen molar-refractivity contribution in [3.05, 3.63) is 28.8 Å². The standard InChI is InChI=1S/C13H18ClNOS/c1-4-15-12-8(2)9(3)17(16)13-10(12)6-5-7-11(13)14/h5-9,12,15H,4H2,1-3H3. The molecule has 17 heavy (non-hydrogen) atoms. The third kappa shape index (κ3) is 2.16. The van der Waals surface area contributed by atoms with Crippen molar-refractivity contribution in [1.29, 1.82) is 0 Å². The highest BCUT2D eigenvalue weighted by atomic mass is 35.5. The van der Waals surface area contributed by atoms with Gasteiger partial charge in [-0.15, -0.1) is 0 Å². The average molecular weight is 272 g/mol. The molecule has 0 saturated carbocycles. The molecular weight excluding hydrogens is 254 g/mol. The predicted molar refractivity (Wildman–Crippen MR) is 72.9 cm³/mol. The van der Waals surface area contributed by atoms with E-state index in [-0.39, 0.29) is 11.3 Å². The molecule has 0 saturated heterocycles. The van der Waals surface area contributed by atoms with Crippen LogP contribution < -0.4 is 5.32 Å². The van der Waals surface area contributed by atoms with Crippen LogP contribution in [-0.4, -0.2) is 16.0 Å². The molecule has 1 aliphatic rings. The Morgan fingerprint density at radius 2 is 2.12 bits per heavy atom. The van der Waals surface area contributed by atoms with Gasteiger partial charge in [-0.1, -0.05) is 44.5 Å². The van der Waals surface area contributed by atoms with Crippen molar-refractivity contribution in [2.75, 3.05) is 6.54 Å². The van der Waals surface area contributed by atoms with Gasteiger partial charge in [0.2, 0.25) is 0 Å². The zero-order valence-electron chi connectivity index (χ0n) is 10.4. The third-order valence-corrected chi connectivity index (χ3v) is 5.95. The Morgan fingerprint density at radius 1 is 1.41 bits per heavy atom. The van der Waals surface area contributed by atoms with E-state index in [2.05, 4.69) is 19.2 Å². The van der Waals surface area contributed by atoms with Crippen molar-refractivity contribution in [2.24, 2.45) is 5.92 Å². The normalized spacial score (nSPS) is 32.2. The van der Waals surface area contributed by atoms with E-state index in [0.29, 0.717) is 10.9 Å². The highest BCUT2D eigenvalue weighted by molar-refractivity contribution is 7.86. The Hall–Kier alpha value is -0.380. The number of hydrogen-bond acceptors (Lipinski definition) is 2. The van der Waals surface area contributed by atoms with Gasteiger partial charge >= 0.3 is 0 Å². The van der Waals surface area contributed by atoms with Crippen molar-refractivity contribution in [3.63, 3.8) is 0 Å². The minimum atomic E-state index is -0.998. The van der Waals surface area contributed by atoms with E-state index in [4.69, 9.17) is 11.6 Å². The second kappa shape index (κ2) is 5.09. The third-order valence-electron chi connectivity index (χ3n) is 3.56. The maximum Gasteiger partial charge on any atom is 0.0625 e. The van der Waals surface area contributed by atoms with Gasteiger partial charge in [0, 0.05) is 11.3 Å². The quantitative estimate of drug-likeness (QED) is 0.895. The number of halogens is 1. The van der Waals surface area contributed by atoms with Gasteiger partial charge in [0.15, 0.2) is 0 Å². The first-order valence-corrected chi connectivity index (χ1v) is 7.59. The Kier molecular flexibility index (Phi) is 3.91. The summed E-state index contributed by atoms with van der Waals surface area (Å²) >= 11 is 6.19. The summed E-state index contributed by atoms with van der Waals surface area (Å²) in [5.74, 6) is 0.349. The largest absolute Gasteiger partial charge is 0.310 e. The molecule has 0 aromatic heterocycles. The number of hydrogen-bond donors (Lipinski definition) is 1. The Balaban J connectivity index is 2.56. The molecule has 1 aromatic carbocycles. The average Bonchev–Trinajstić information content (AvgIpc) is 2.31. The van der Waals surface area contributed by atoms with E-state index < -0.39 is 10.8 Å². The smallest absolute Gasteiger partial charge is 0.0625 e. The molecule has 1 aliphatic heterocycles. The van der Waals surface area contributed by atoms with E-state index in [9.17, 15) is 4.21 Å². The molecule has 0 spiro atoms. The van der Waals surface area contributed by atoms with E-state index in [1.807, 2.05) is 25.1 Å². The number of fused-ring (bicyclic) bond motifs is 1. The second-order valence-corrected chi connectivity index (χ2v) is 6.71. The van der Waals surface area contributed by atoms with Gasteiger partial charge in [0.05, 0.1) is 20.7 Å². The molecule has 1 heterocycles. The number of nitrogens with one attached hydrogen (secondary N) is 1. The van der Waals surface area contributed by atoms with Crippen molar-refractivity contribution in [3.8, 4) is 0 Å². The summed E-state index contributed by atoms with van der Waals surface area (Å²) in [5, 5.41) is 4.23. The van der Waals surface area contributed by atoms with Crippen molar-refractivity contribution >= 4 is 22.4 Å². The molecule has 0 amide bonds. The molecule has 0 fully saturated rings. The van der Waals surface area contributed by atoms with Crippen LogP contribution in [-0.2, 0) is 10.8 Å². The van der Waals surface area contributed by atoms with Crippen LogP contribution in [0.2, 0.25) is 5.02 Å². The van der Waals surface area contributed by atoms with Crippen LogP contribution in [0, 0.1) is 5.92 Å². The van der Waals surface area contributed by atoms with E-state index in [0.717, 1.165) is 17.0 Å². The molecule has 1 N–H and O–H groups in total. The molecule has 0 bridgehead atoms. The summed E-state index contributed by atoms with van der Waals surface area (Å²) in [6, 6.07) is 6.05. The van der Waals surface area contributed by atoms with Crippen LogP contribution in [0.5, 0.6) is 0 Å². The Bertz CT molecular complexity index is 449. The molecule has 4 heteroatoms. The van der Waals surface area contributed by atoms with Gasteiger partial charge in [-0.3, -0.25) is 4.21 Å². The summed E-state index contributed by atoms with van der Waals surface area (Å²) < 4.78 is 12.4. The molecule has 4 unspecified atom stereocenters. The monoisotopic (exact) mass is 271 g/mol. The molecule has 1 aromatic rings. The minimum Gasteiger partial charge on any atom is -0.310 e. The lowest BCUT2D eigenvalue weighted by atomic mass is 9.91. The Labute approximate surface area is 110 Å². The SMILES string of the molecule is CCNC1c2cccc(Cl)c2S(=O)C(C)C1C. The topological polar surface area (TPSA) is 29.1 Å². The summed E-state index contributed by atoms with van der Waals surface area (Å²) in [7, 11) is -0.998. The van der Waals surface area contributed by atoms with Crippen LogP contribution in [0.15, 0.2) is 23.1 Å². The highest BCUT2D eigenvalue weighted by Crippen LogP contribution is 2.40. The lowest BCUT2D eigenvalue weighted by molar-refractivity contribution is 0.373. The molecule has 0 radical (unpaired) electrons. The zero-order chi connectivity index (χ0) is 12.6. The number of benzene rings is 1. The zero-order valence-corrected chi connectivity index (χ0v) is 11.9. The Morgan fingerprint density at radius 3 is 2.76 bits per heavy atom. The maximum atomic E-state index is 12.4. The van der Waals surface area contributed by atoms with E-state index >= 15 is 0 Å². The lowest BCUT2D eigenvalue weighted by Crippen LogP contribution is -2.39. The fraction of sp³-hybridized carbons (Fsp3) is 0.538. The van der Waals surface area contributed by atoms with Crippen molar-refractivity contribution < 1.29 is 4.21 Å². The lowest BCUT2D eigenvalue weighted by Gasteiger charge is -2.36. The van der Waals surface area contributed by atoms with Crippen molar-refractivity contribution in [2.45, 2.75) is 37.0 Å². The van der Waals surface area contributed by atoms with Gasteiger partial charge in [0.1, 0.15) is 0 Å². The second-order valence-electron chi connectivity index (χ2n) is 4.56. The summed E-state index contributed by atoms with van der Waals surface area (Å²) in [6.07, 6.45) is 0. The van der Waals surface area contributed by atoms with E-state index in [1.165, 1.54) is 0 Å². The van der Waals surface area contributed by atoms with Gasteiger partial charge < -0.3 is 5.32 Å². The van der Waals surface area contributed by atoms with Gasteiger partial charge in [-0.2, -0.15) is 0 Å². The minimum absolute atomic E-state index is 0.131. The first-order chi connectivity index (χ1) is 8.07. The molecule has 94 valence electrons. The van der Waals surface area contributed by atoms with Gasteiger partial charge in [0.25, 0.3) is 0 Å². The first-order valence-electron chi connectivity index (χ1n) is 6.00. The van der Waals surface area contributed by atoms with Crippen LogP contribution in [0.3, 0.4) is 0 Å². The fourth-order valence-electron chi connectivity index (χ4n) is 2.43. The van der Waals surface area contributed by atoms with Crippen molar-refractivity contribution in [1.82, 2.24) is 5.32 Å². The predicted octanol–water partition coefficient (Wildman–Crippen LogP) is 3.14. The number of rotatable bonds is 2. The highest BCUT2D eigenvalue weighted by Gasteiger charge is 2.36. The van der Waals surface area contributed by atoms with Crippen LogP contribution >= 0.6 is 11.6 Å². The van der Waals surface area contributed by atoms with Crippen LogP contribution in [0.25, 0.3) is 0 Å². The summed E-state index contributed by atoms with van der Waals surface area (Å²) in [4.78, 5) is 0.825.